The van der Waals surface area contributed by atoms with Gasteiger partial charge in [-0.05, 0) is 31.4 Å². The highest BCUT2D eigenvalue weighted by molar-refractivity contribution is 5.92. The standard InChI is InChI=1S/C20H26O7/c1-11-5-4-6-14(9-21)8-17-18(13(3)20(25)27-17)16(7-11)26-19(24)12(2)15(23)10-22/h5,8,15-18,21-23H,2-4,6-7,9-10H2,1H3/b11-5+,14-8-/t15-,16+,17+,18-/m1/s1. The Morgan fingerprint density at radius 1 is 1.44 bits per heavy atom. The molecule has 0 aromatic carbocycles. The monoisotopic (exact) mass is 378 g/mol. The quantitative estimate of drug-likeness (QED) is 0.371. The van der Waals surface area contributed by atoms with Crippen molar-refractivity contribution < 1.29 is 34.4 Å². The summed E-state index contributed by atoms with van der Waals surface area (Å²) < 4.78 is 10.9. The zero-order valence-electron chi connectivity index (χ0n) is 15.4. The van der Waals surface area contributed by atoms with E-state index in [9.17, 15) is 19.8 Å². The summed E-state index contributed by atoms with van der Waals surface area (Å²) in [7, 11) is 0. The van der Waals surface area contributed by atoms with Gasteiger partial charge >= 0.3 is 11.9 Å². The molecule has 1 saturated heterocycles. The molecule has 0 unspecified atom stereocenters. The largest absolute Gasteiger partial charge is 0.458 e. The first-order chi connectivity index (χ1) is 12.8. The van der Waals surface area contributed by atoms with Gasteiger partial charge < -0.3 is 24.8 Å². The second-order valence-corrected chi connectivity index (χ2v) is 6.86. The van der Waals surface area contributed by atoms with Gasteiger partial charge in [-0.25, -0.2) is 9.59 Å². The molecule has 148 valence electrons. The van der Waals surface area contributed by atoms with E-state index in [1.165, 1.54) is 0 Å². The number of carbonyl (C=O) groups excluding carboxylic acids is 2. The van der Waals surface area contributed by atoms with Crippen LogP contribution in [0.4, 0.5) is 0 Å². The van der Waals surface area contributed by atoms with Crippen LogP contribution in [0.1, 0.15) is 26.2 Å². The van der Waals surface area contributed by atoms with Crippen LogP contribution in [0.3, 0.4) is 0 Å². The Bertz CT molecular complexity index is 688. The minimum atomic E-state index is -1.42. The highest BCUT2D eigenvalue weighted by Gasteiger charge is 2.44. The normalized spacial score (nSPS) is 30.9. The first-order valence-electron chi connectivity index (χ1n) is 8.83. The number of fused-ring (bicyclic) bond motifs is 1. The molecule has 0 radical (unpaired) electrons. The average molecular weight is 378 g/mol. The summed E-state index contributed by atoms with van der Waals surface area (Å²) in [5.41, 5.74) is 1.60. The Labute approximate surface area is 158 Å². The summed E-state index contributed by atoms with van der Waals surface area (Å²) in [4.78, 5) is 24.4. The third kappa shape index (κ3) is 4.94. The lowest BCUT2D eigenvalue weighted by atomic mass is 9.85. The van der Waals surface area contributed by atoms with Gasteiger partial charge in [-0.2, -0.15) is 0 Å². The molecule has 2 aliphatic rings. The molecule has 0 bridgehead atoms. The summed E-state index contributed by atoms with van der Waals surface area (Å²) in [6, 6.07) is 0. The lowest BCUT2D eigenvalue weighted by Crippen LogP contribution is -2.35. The predicted molar refractivity (Wildman–Crippen MR) is 97.4 cm³/mol. The molecule has 1 fully saturated rings. The lowest BCUT2D eigenvalue weighted by molar-refractivity contribution is -0.148. The fourth-order valence-corrected chi connectivity index (χ4v) is 3.23. The van der Waals surface area contributed by atoms with Crippen molar-refractivity contribution in [1.82, 2.24) is 0 Å². The third-order valence-electron chi connectivity index (χ3n) is 4.84. The van der Waals surface area contributed by atoms with Crippen molar-refractivity contribution in [1.29, 1.82) is 0 Å². The number of hydrogen-bond donors (Lipinski definition) is 3. The van der Waals surface area contributed by atoms with E-state index in [1.807, 2.05) is 13.0 Å². The van der Waals surface area contributed by atoms with E-state index < -0.39 is 42.8 Å². The van der Waals surface area contributed by atoms with Gasteiger partial charge in [0.05, 0.1) is 24.7 Å². The number of aliphatic hydroxyl groups is 3. The van der Waals surface area contributed by atoms with Crippen molar-refractivity contribution in [3.63, 3.8) is 0 Å². The molecule has 0 aromatic heterocycles. The molecule has 4 atom stereocenters. The van der Waals surface area contributed by atoms with Crippen LogP contribution in [-0.4, -0.2) is 58.8 Å². The maximum atomic E-state index is 12.3. The number of aliphatic hydroxyl groups excluding tert-OH is 3. The molecule has 1 aliphatic carbocycles. The van der Waals surface area contributed by atoms with E-state index in [4.69, 9.17) is 14.6 Å². The number of hydrogen-bond acceptors (Lipinski definition) is 7. The van der Waals surface area contributed by atoms with E-state index in [0.717, 1.165) is 11.1 Å². The molecule has 0 spiro atoms. The molecule has 0 amide bonds. The summed E-state index contributed by atoms with van der Waals surface area (Å²) in [6.45, 7) is 8.32. The van der Waals surface area contributed by atoms with E-state index >= 15 is 0 Å². The Balaban J connectivity index is 2.36. The van der Waals surface area contributed by atoms with Crippen LogP contribution < -0.4 is 0 Å². The molecule has 0 saturated carbocycles. The van der Waals surface area contributed by atoms with Gasteiger partial charge in [0.15, 0.2) is 0 Å². The minimum absolute atomic E-state index is 0.163. The van der Waals surface area contributed by atoms with Crippen molar-refractivity contribution in [2.45, 2.75) is 44.5 Å². The maximum absolute atomic E-state index is 12.3. The van der Waals surface area contributed by atoms with E-state index in [-0.39, 0.29) is 17.8 Å². The number of carbonyl (C=O) groups is 2. The van der Waals surface area contributed by atoms with Crippen LogP contribution in [0.5, 0.6) is 0 Å². The molecule has 1 aliphatic heterocycles. The zero-order valence-corrected chi connectivity index (χ0v) is 15.4. The first-order valence-corrected chi connectivity index (χ1v) is 8.83. The van der Waals surface area contributed by atoms with Gasteiger partial charge in [0.25, 0.3) is 0 Å². The third-order valence-corrected chi connectivity index (χ3v) is 4.84. The fourth-order valence-electron chi connectivity index (χ4n) is 3.23. The molecular formula is C20H26O7. The summed E-state index contributed by atoms with van der Waals surface area (Å²) in [6.07, 6.45) is 2.46. The fraction of sp³-hybridized carbons (Fsp3) is 0.500. The molecule has 2 rings (SSSR count). The molecular weight excluding hydrogens is 352 g/mol. The minimum Gasteiger partial charge on any atom is -0.458 e. The smallest absolute Gasteiger partial charge is 0.336 e. The molecule has 27 heavy (non-hydrogen) atoms. The Hall–Kier alpha value is -2.22. The van der Waals surface area contributed by atoms with Gasteiger partial charge in [-0.3, -0.25) is 0 Å². The molecule has 3 N–H and O–H groups in total. The van der Waals surface area contributed by atoms with Crippen molar-refractivity contribution in [3.05, 3.63) is 47.6 Å². The van der Waals surface area contributed by atoms with Gasteiger partial charge in [0.2, 0.25) is 0 Å². The van der Waals surface area contributed by atoms with Crippen LogP contribution in [0, 0.1) is 5.92 Å². The van der Waals surface area contributed by atoms with Gasteiger partial charge in [0.1, 0.15) is 18.3 Å². The SMILES string of the molecule is C=C1C(=O)O[C@H]2/C=C(\CO)CC/C=C(\C)C[C@H](OC(=O)C(=C)[C@H](O)CO)[C@@H]12. The average Bonchev–Trinajstić information content (AvgIpc) is 2.92. The topological polar surface area (TPSA) is 113 Å². The summed E-state index contributed by atoms with van der Waals surface area (Å²) in [5, 5.41) is 28.2. The second-order valence-electron chi connectivity index (χ2n) is 6.86. The lowest BCUT2D eigenvalue weighted by Gasteiger charge is -2.28. The Morgan fingerprint density at radius 2 is 2.15 bits per heavy atom. The summed E-state index contributed by atoms with van der Waals surface area (Å²) in [5.74, 6) is -2.05. The van der Waals surface area contributed by atoms with Crippen LogP contribution in [0.15, 0.2) is 47.6 Å². The van der Waals surface area contributed by atoms with Crippen molar-refractivity contribution in [2.24, 2.45) is 5.92 Å². The van der Waals surface area contributed by atoms with Crippen LogP contribution >= 0.6 is 0 Å². The van der Waals surface area contributed by atoms with Crippen LogP contribution in [-0.2, 0) is 19.1 Å². The van der Waals surface area contributed by atoms with E-state index in [0.29, 0.717) is 19.3 Å². The van der Waals surface area contributed by atoms with Gasteiger partial charge in [-0.15, -0.1) is 0 Å². The number of allylic oxidation sites excluding steroid dienone is 1. The van der Waals surface area contributed by atoms with Crippen molar-refractivity contribution in [2.75, 3.05) is 13.2 Å². The number of esters is 2. The number of rotatable bonds is 5. The zero-order chi connectivity index (χ0) is 20.1. The Kier molecular flexibility index (Phi) is 7.12. The maximum Gasteiger partial charge on any atom is 0.336 e. The van der Waals surface area contributed by atoms with E-state index in [1.54, 1.807) is 6.08 Å². The summed E-state index contributed by atoms with van der Waals surface area (Å²) >= 11 is 0. The van der Waals surface area contributed by atoms with E-state index in [2.05, 4.69) is 13.2 Å². The van der Waals surface area contributed by atoms with Crippen LogP contribution in [0.25, 0.3) is 0 Å². The number of ether oxygens (including phenoxy) is 2. The molecule has 0 aromatic rings. The van der Waals surface area contributed by atoms with Gasteiger partial charge in [0, 0.05) is 12.0 Å². The molecule has 7 nitrogen and oxygen atoms in total. The Morgan fingerprint density at radius 3 is 2.78 bits per heavy atom. The van der Waals surface area contributed by atoms with Crippen molar-refractivity contribution >= 4 is 11.9 Å². The first kappa shape index (κ1) is 21.1. The molecule has 7 heteroatoms. The molecule has 1 heterocycles. The highest BCUT2D eigenvalue weighted by Crippen LogP contribution is 2.36. The van der Waals surface area contributed by atoms with Crippen LogP contribution in [0.2, 0.25) is 0 Å². The predicted octanol–water partition coefficient (Wildman–Crippen LogP) is 0.954. The second kappa shape index (κ2) is 9.12. The highest BCUT2D eigenvalue weighted by atomic mass is 16.6. The van der Waals surface area contributed by atoms with Crippen molar-refractivity contribution in [3.8, 4) is 0 Å². The van der Waals surface area contributed by atoms with Gasteiger partial charge in [-0.1, -0.05) is 24.8 Å².